The summed E-state index contributed by atoms with van der Waals surface area (Å²) in [4.78, 5) is 18.9. The van der Waals surface area contributed by atoms with E-state index in [1.807, 2.05) is 45.9 Å². The molecule has 0 unspecified atom stereocenters. The summed E-state index contributed by atoms with van der Waals surface area (Å²) >= 11 is 5.93. The number of aromatic nitrogens is 4. The lowest BCUT2D eigenvalue weighted by atomic mass is 10.1. The molecule has 3 heterocycles. The van der Waals surface area contributed by atoms with Crippen LogP contribution in [0.5, 0.6) is 0 Å². The Labute approximate surface area is 174 Å². The van der Waals surface area contributed by atoms with Gasteiger partial charge in [0.2, 0.25) is 0 Å². The van der Waals surface area contributed by atoms with Crippen LogP contribution in [-0.2, 0) is 13.1 Å². The number of halogens is 1. The van der Waals surface area contributed by atoms with Crippen LogP contribution in [0.3, 0.4) is 0 Å². The fourth-order valence-corrected chi connectivity index (χ4v) is 3.81. The Hall–Kier alpha value is -2.64. The Morgan fingerprint density at radius 2 is 1.90 bits per heavy atom. The van der Waals surface area contributed by atoms with Crippen molar-refractivity contribution in [1.29, 1.82) is 0 Å². The number of amides is 1. The molecule has 0 spiro atoms. The molecule has 0 bridgehead atoms. The topological polar surface area (TPSA) is 68.0 Å². The zero-order chi connectivity index (χ0) is 19.8. The predicted octanol–water partition coefficient (Wildman–Crippen LogP) is 2.73. The van der Waals surface area contributed by atoms with Crippen LogP contribution in [0.2, 0.25) is 5.02 Å². The van der Waals surface area contributed by atoms with E-state index in [2.05, 4.69) is 26.5 Å². The van der Waals surface area contributed by atoms with E-state index in [-0.39, 0.29) is 11.9 Å². The molecule has 1 aliphatic heterocycles. The summed E-state index contributed by atoms with van der Waals surface area (Å²) in [5.74, 6) is -0.0789. The number of imidazole rings is 1. The summed E-state index contributed by atoms with van der Waals surface area (Å²) in [6.07, 6.45) is 9.98. The molecule has 2 aliphatic rings. The molecule has 29 heavy (non-hydrogen) atoms. The number of benzene rings is 1. The minimum Gasteiger partial charge on any atom is -0.345 e. The number of carbonyl (C=O) groups is 1. The normalized spacial score (nSPS) is 17.3. The van der Waals surface area contributed by atoms with Crippen LogP contribution >= 0.6 is 11.6 Å². The van der Waals surface area contributed by atoms with Crippen LogP contribution < -0.4 is 5.32 Å². The molecule has 0 atom stereocenters. The molecule has 150 valence electrons. The molecule has 1 saturated carbocycles. The zero-order valence-electron chi connectivity index (χ0n) is 16.0. The van der Waals surface area contributed by atoms with Gasteiger partial charge in [-0.3, -0.25) is 14.4 Å². The lowest BCUT2D eigenvalue weighted by Crippen LogP contribution is -2.58. The van der Waals surface area contributed by atoms with Gasteiger partial charge in [0.05, 0.1) is 25.1 Å². The van der Waals surface area contributed by atoms with Gasteiger partial charge in [0.25, 0.3) is 5.91 Å². The quantitative estimate of drug-likeness (QED) is 0.650. The van der Waals surface area contributed by atoms with Crippen molar-refractivity contribution in [1.82, 2.24) is 29.5 Å². The van der Waals surface area contributed by atoms with E-state index in [1.54, 1.807) is 6.33 Å². The van der Waals surface area contributed by atoms with E-state index in [1.165, 1.54) is 24.0 Å². The Kier molecular flexibility index (Phi) is 4.85. The van der Waals surface area contributed by atoms with E-state index in [4.69, 9.17) is 11.6 Å². The fourth-order valence-electron chi connectivity index (χ4n) is 3.69. The number of likely N-dealkylation sites (tertiary alicyclic amines) is 1. The highest BCUT2D eigenvalue weighted by Gasteiger charge is 2.29. The van der Waals surface area contributed by atoms with E-state index >= 15 is 0 Å². The van der Waals surface area contributed by atoms with Gasteiger partial charge < -0.3 is 9.88 Å². The van der Waals surface area contributed by atoms with Gasteiger partial charge in [-0.1, -0.05) is 23.7 Å². The van der Waals surface area contributed by atoms with Gasteiger partial charge in [0.15, 0.2) is 0 Å². The van der Waals surface area contributed by atoms with Crippen molar-refractivity contribution in [3.63, 3.8) is 0 Å². The number of nitrogens with one attached hydrogen (secondary N) is 1. The maximum Gasteiger partial charge on any atom is 0.271 e. The first kappa shape index (κ1) is 18.4. The van der Waals surface area contributed by atoms with Crippen LogP contribution in [0, 0.1) is 0 Å². The van der Waals surface area contributed by atoms with E-state index in [0.717, 1.165) is 31.2 Å². The zero-order valence-corrected chi connectivity index (χ0v) is 16.8. The van der Waals surface area contributed by atoms with Gasteiger partial charge in [-0.2, -0.15) is 5.10 Å². The lowest BCUT2D eigenvalue weighted by molar-refractivity contribution is 0.0791. The second-order valence-corrected chi connectivity index (χ2v) is 8.41. The smallest absolute Gasteiger partial charge is 0.271 e. The molecule has 1 amide bonds. The highest BCUT2D eigenvalue weighted by atomic mass is 35.5. The summed E-state index contributed by atoms with van der Waals surface area (Å²) < 4.78 is 3.98. The molecule has 1 aromatic carbocycles. The van der Waals surface area contributed by atoms with Crippen molar-refractivity contribution >= 4 is 17.5 Å². The SMILES string of the molecule is O=C(NC1CN(Cc2cnn(Cc3ccc(Cl)cc3)c2)C1)c1cn(C2CC2)cn1. The summed E-state index contributed by atoms with van der Waals surface area (Å²) in [7, 11) is 0. The van der Waals surface area contributed by atoms with Crippen LogP contribution in [0.4, 0.5) is 0 Å². The number of carbonyl (C=O) groups excluding carboxylic acids is 1. The fraction of sp³-hybridized carbons (Fsp3) is 0.381. The molecule has 1 saturated heterocycles. The van der Waals surface area contributed by atoms with Gasteiger partial charge in [-0.05, 0) is 30.5 Å². The van der Waals surface area contributed by atoms with Gasteiger partial charge in [0.1, 0.15) is 5.69 Å². The highest BCUT2D eigenvalue weighted by Crippen LogP contribution is 2.34. The van der Waals surface area contributed by atoms with Gasteiger partial charge in [-0.15, -0.1) is 0 Å². The highest BCUT2D eigenvalue weighted by molar-refractivity contribution is 6.30. The van der Waals surface area contributed by atoms with Crippen molar-refractivity contribution in [2.24, 2.45) is 0 Å². The number of hydrogen-bond donors (Lipinski definition) is 1. The standard InChI is InChI=1S/C21H23ClN6O/c22-17-3-1-15(2-4-17)9-28-10-16(7-24-28)8-26-11-18(12-26)25-21(29)20-13-27(14-23-20)19-5-6-19/h1-4,7,10,13-14,18-19H,5-6,8-9,11-12H2,(H,25,29). The third-order valence-corrected chi connectivity index (χ3v) is 5.70. The molecule has 1 N–H and O–H groups in total. The van der Waals surface area contributed by atoms with Crippen LogP contribution in [-0.4, -0.2) is 49.3 Å². The van der Waals surface area contributed by atoms with Gasteiger partial charge in [-0.25, -0.2) is 4.98 Å². The Bertz CT molecular complexity index is 1000. The molecule has 8 heteroatoms. The van der Waals surface area contributed by atoms with E-state index < -0.39 is 0 Å². The number of hydrogen-bond acceptors (Lipinski definition) is 4. The van der Waals surface area contributed by atoms with Crippen molar-refractivity contribution in [3.05, 3.63) is 71.0 Å². The van der Waals surface area contributed by atoms with Gasteiger partial charge in [0, 0.05) is 48.7 Å². The number of rotatable bonds is 7. The summed E-state index contributed by atoms with van der Waals surface area (Å²) in [6, 6.07) is 8.54. The molecule has 3 aromatic rings. The average molecular weight is 411 g/mol. The minimum absolute atomic E-state index is 0.0789. The molecule has 2 fully saturated rings. The lowest BCUT2D eigenvalue weighted by Gasteiger charge is -2.39. The van der Waals surface area contributed by atoms with E-state index in [0.29, 0.717) is 11.7 Å². The Morgan fingerprint density at radius 1 is 1.10 bits per heavy atom. The van der Waals surface area contributed by atoms with Crippen LogP contribution in [0.15, 0.2) is 49.2 Å². The van der Waals surface area contributed by atoms with Crippen molar-refractivity contribution in [2.45, 2.75) is 38.0 Å². The second kappa shape index (κ2) is 7.65. The third kappa shape index (κ3) is 4.36. The first-order valence-corrected chi connectivity index (χ1v) is 10.3. The molecule has 7 nitrogen and oxygen atoms in total. The van der Waals surface area contributed by atoms with Gasteiger partial charge >= 0.3 is 0 Å². The summed E-state index contributed by atoms with van der Waals surface area (Å²) in [6.45, 7) is 3.25. The first-order chi connectivity index (χ1) is 14.1. The van der Waals surface area contributed by atoms with Crippen LogP contribution in [0.25, 0.3) is 0 Å². The first-order valence-electron chi connectivity index (χ1n) is 9.95. The molecule has 0 radical (unpaired) electrons. The maximum absolute atomic E-state index is 12.3. The monoisotopic (exact) mass is 410 g/mol. The second-order valence-electron chi connectivity index (χ2n) is 7.97. The molecule has 5 rings (SSSR count). The summed E-state index contributed by atoms with van der Waals surface area (Å²) in [5.41, 5.74) is 2.85. The van der Waals surface area contributed by atoms with E-state index in [9.17, 15) is 4.79 Å². The van der Waals surface area contributed by atoms with Crippen LogP contribution in [0.1, 0.15) is 40.5 Å². The number of nitrogens with zero attached hydrogens (tertiary/aromatic N) is 5. The molecular formula is C21H23ClN6O. The maximum atomic E-state index is 12.3. The molecular weight excluding hydrogens is 388 g/mol. The molecule has 1 aliphatic carbocycles. The predicted molar refractivity (Wildman–Crippen MR) is 110 cm³/mol. The third-order valence-electron chi connectivity index (χ3n) is 5.45. The Balaban J connectivity index is 1.08. The van der Waals surface area contributed by atoms with Crippen molar-refractivity contribution < 1.29 is 4.79 Å². The summed E-state index contributed by atoms with van der Waals surface area (Å²) in [5, 5.41) is 8.27. The minimum atomic E-state index is -0.0789. The van der Waals surface area contributed by atoms with Crippen molar-refractivity contribution in [3.8, 4) is 0 Å². The van der Waals surface area contributed by atoms with Crippen molar-refractivity contribution in [2.75, 3.05) is 13.1 Å². The molecule has 2 aromatic heterocycles. The largest absolute Gasteiger partial charge is 0.345 e. The Morgan fingerprint density at radius 3 is 2.66 bits per heavy atom. The average Bonchev–Trinajstić information content (AvgIpc) is 3.24.